The van der Waals surface area contributed by atoms with E-state index >= 15 is 0 Å². The summed E-state index contributed by atoms with van der Waals surface area (Å²) in [5.41, 5.74) is 2.58. The summed E-state index contributed by atoms with van der Waals surface area (Å²) < 4.78 is 6.18. The third-order valence-electron chi connectivity index (χ3n) is 6.28. The van der Waals surface area contributed by atoms with Gasteiger partial charge in [0.05, 0.1) is 6.10 Å². The van der Waals surface area contributed by atoms with Gasteiger partial charge in [0.2, 0.25) is 0 Å². The van der Waals surface area contributed by atoms with Gasteiger partial charge in [0.25, 0.3) is 0 Å². The van der Waals surface area contributed by atoms with Gasteiger partial charge < -0.3 is 20.3 Å². The molecule has 162 valence electrons. The van der Waals surface area contributed by atoms with Crippen LogP contribution in [0.15, 0.2) is 29.3 Å². The van der Waals surface area contributed by atoms with Crippen molar-refractivity contribution in [2.45, 2.75) is 71.6 Å². The average molecular weight is 401 g/mol. The van der Waals surface area contributed by atoms with Gasteiger partial charge in [-0.05, 0) is 58.9 Å². The van der Waals surface area contributed by atoms with Gasteiger partial charge >= 0.3 is 0 Å². The van der Waals surface area contributed by atoms with E-state index in [1.165, 1.54) is 43.5 Å². The lowest BCUT2D eigenvalue weighted by atomic mass is 9.89. The van der Waals surface area contributed by atoms with Crippen molar-refractivity contribution < 1.29 is 4.74 Å². The Morgan fingerprint density at radius 3 is 2.55 bits per heavy atom. The molecule has 2 saturated heterocycles. The van der Waals surface area contributed by atoms with E-state index in [0.29, 0.717) is 18.0 Å². The fraction of sp³-hybridized carbons (Fsp3) is 0.708. The zero-order valence-electron chi connectivity index (χ0n) is 18.8. The maximum atomic E-state index is 6.18. The molecule has 0 aromatic heterocycles. The Balaban J connectivity index is 1.60. The normalized spacial score (nSPS) is 24.7. The molecule has 0 saturated carbocycles. The summed E-state index contributed by atoms with van der Waals surface area (Å²) in [6.45, 7) is 13.7. The molecular formula is C24H40N4O. The smallest absolute Gasteiger partial charge is 0.191 e. The SMILES string of the molecule is CCNC(=NCC1CCCOC1c1ccc(C)cc1)NC1CCN(C(C)C)CC1. The van der Waals surface area contributed by atoms with Crippen LogP contribution in [0.25, 0.3) is 0 Å². The molecule has 0 radical (unpaired) electrons. The molecule has 1 aromatic carbocycles. The molecule has 5 heteroatoms. The fourth-order valence-corrected chi connectivity index (χ4v) is 4.44. The lowest BCUT2D eigenvalue weighted by Crippen LogP contribution is -2.50. The summed E-state index contributed by atoms with van der Waals surface area (Å²) in [5, 5.41) is 7.14. The van der Waals surface area contributed by atoms with Gasteiger partial charge in [0, 0.05) is 50.8 Å². The average Bonchev–Trinajstić information content (AvgIpc) is 2.73. The van der Waals surface area contributed by atoms with E-state index in [4.69, 9.17) is 9.73 Å². The van der Waals surface area contributed by atoms with E-state index in [1.54, 1.807) is 0 Å². The fourth-order valence-electron chi connectivity index (χ4n) is 4.44. The highest BCUT2D eigenvalue weighted by atomic mass is 16.5. The second kappa shape index (κ2) is 11.0. The van der Waals surface area contributed by atoms with Crippen LogP contribution in [0.2, 0.25) is 0 Å². The molecule has 0 amide bonds. The minimum absolute atomic E-state index is 0.158. The summed E-state index contributed by atoms with van der Waals surface area (Å²) in [6, 6.07) is 9.95. The summed E-state index contributed by atoms with van der Waals surface area (Å²) >= 11 is 0. The van der Waals surface area contributed by atoms with Crippen molar-refractivity contribution in [3.63, 3.8) is 0 Å². The lowest BCUT2D eigenvalue weighted by molar-refractivity contribution is -0.0250. The predicted octanol–water partition coefficient (Wildman–Crippen LogP) is 3.89. The molecule has 3 rings (SSSR count). The highest BCUT2D eigenvalue weighted by Crippen LogP contribution is 2.34. The van der Waals surface area contributed by atoms with Gasteiger partial charge in [-0.2, -0.15) is 0 Å². The molecule has 2 fully saturated rings. The predicted molar refractivity (Wildman–Crippen MR) is 121 cm³/mol. The molecule has 1 aromatic rings. The number of rotatable bonds is 6. The van der Waals surface area contributed by atoms with Crippen LogP contribution >= 0.6 is 0 Å². The monoisotopic (exact) mass is 400 g/mol. The minimum atomic E-state index is 0.158. The number of nitrogens with one attached hydrogen (secondary N) is 2. The number of ether oxygens (including phenoxy) is 1. The molecule has 0 spiro atoms. The second-order valence-electron chi connectivity index (χ2n) is 8.87. The number of aryl methyl sites for hydroxylation is 1. The topological polar surface area (TPSA) is 48.9 Å². The first-order valence-corrected chi connectivity index (χ1v) is 11.5. The Morgan fingerprint density at radius 1 is 1.17 bits per heavy atom. The van der Waals surface area contributed by atoms with Crippen molar-refractivity contribution in [1.82, 2.24) is 15.5 Å². The van der Waals surface area contributed by atoms with Gasteiger partial charge in [-0.1, -0.05) is 29.8 Å². The van der Waals surface area contributed by atoms with Gasteiger partial charge in [-0.25, -0.2) is 0 Å². The second-order valence-corrected chi connectivity index (χ2v) is 8.87. The largest absolute Gasteiger partial charge is 0.373 e. The Kier molecular flexibility index (Phi) is 8.37. The van der Waals surface area contributed by atoms with Crippen LogP contribution in [-0.4, -0.2) is 55.7 Å². The summed E-state index contributed by atoms with van der Waals surface area (Å²) in [5.74, 6) is 1.40. The maximum absolute atomic E-state index is 6.18. The zero-order chi connectivity index (χ0) is 20.6. The van der Waals surface area contributed by atoms with Crippen molar-refractivity contribution in [3.05, 3.63) is 35.4 Å². The van der Waals surface area contributed by atoms with E-state index in [2.05, 4.69) is 67.5 Å². The van der Waals surface area contributed by atoms with Gasteiger partial charge in [-0.3, -0.25) is 4.99 Å². The molecule has 0 aliphatic carbocycles. The first-order chi connectivity index (χ1) is 14.1. The van der Waals surface area contributed by atoms with Crippen LogP contribution in [0.4, 0.5) is 0 Å². The van der Waals surface area contributed by atoms with E-state index in [9.17, 15) is 0 Å². The van der Waals surface area contributed by atoms with Gasteiger partial charge in [0.1, 0.15) is 0 Å². The molecular weight excluding hydrogens is 360 g/mol. The Bertz CT molecular complexity index is 635. The van der Waals surface area contributed by atoms with Crippen molar-refractivity contribution in [1.29, 1.82) is 0 Å². The standard InChI is InChI=1S/C24H40N4O/c1-5-25-24(27-22-12-14-28(15-13-22)18(2)3)26-17-21-7-6-16-29-23(21)20-10-8-19(4)9-11-20/h8-11,18,21-23H,5-7,12-17H2,1-4H3,(H2,25,26,27). The number of aliphatic imine (C=N–C) groups is 1. The van der Waals surface area contributed by atoms with Crippen LogP contribution in [-0.2, 0) is 4.74 Å². The number of guanidine groups is 1. The molecule has 2 aliphatic rings. The molecule has 0 bridgehead atoms. The molecule has 2 atom stereocenters. The van der Waals surface area contributed by atoms with Crippen LogP contribution in [0.5, 0.6) is 0 Å². The van der Waals surface area contributed by atoms with Crippen LogP contribution in [0, 0.1) is 12.8 Å². The summed E-state index contributed by atoms with van der Waals surface area (Å²) in [6.07, 6.45) is 4.82. The Morgan fingerprint density at radius 2 is 1.90 bits per heavy atom. The first-order valence-electron chi connectivity index (χ1n) is 11.5. The van der Waals surface area contributed by atoms with Crippen molar-refractivity contribution >= 4 is 5.96 Å². The Hall–Kier alpha value is -1.59. The Labute approximate surface area is 177 Å². The number of hydrogen-bond acceptors (Lipinski definition) is 3. The number of benzene rings is 1. The maximum Gasteiger partial charge on any atom is 0.191 e. The lowest BCUT2D eigenvalue weighted by Gasteiger charge is -2.35. The molecule has 29 heavy (non-hydrogen) atoms. The van der Waals surface area contributed by atoms with Crippen LogP contribution < -0.4 is 10.6 Å². The van der Waals surface area contributed by atoms with Gasteiger partial charge in [0.15, 0.2) is 5.96 Å². The summed E-state index contributed by atoms with van der Waals surface area (Å²) in [7, 11) is 0. The summed E-state index contributed by atoms with van der Waals surface area (Å²) in [4.78, 5) is 7.54. The zero-order valence-corrected chi connectivity index (χ0v) is 18.8. The first kappa shape index (κ1) is 22.1. The molecule has 5 nitrogen and oxygen atoms in total. The number of nitrogens with zero attached hydrogens (tertiary/aromatic N) is 2. The molecule has 2 N–H and O–H groups in total. The highest BCUT2D eigenvalue weighted by Gasteiger charge is 2.28. The highest BCUT2D eigenvalue weighted by molar-refractivity contribution is 5.80. The van der Waals surface area contributed by atoms with E-state index in [0.717, 1.165) is 32.1 Å². The van der Waals surface area contributed by atoms with Gasteiger partial charge in [-0.15, -0.1) is 0 Å². The quantitative estimate of drug-likeness (QED) is 0.562. The van der Waals surface area contributed by atoms with Crippen molar-refractivity contribution in [2.75, 3.05) is 32.8 Å². The molecule has 2 heterocycles. The van der Waals surface area contributed by atoms with Crippen LogP contribution in [0.3, 0.4) is 0 Å². The number of hydrogen-bond donors (Lipinski definition) is 2. The molecule has 2 aliphatic heterocycles. The van der Waals surface area contributed by atoms with E-state index in [1.807, 2.05) is 0 Å². The number of likely N-dealkylation sites (tertiary alicyclic amines) is 1. The molecule has 2 unspecified atom stereocenters. The van der Waals surface area contributed by atoms with Crippen LogP contribution in [0.1, 0.15) is 63.7 Å². The minimum Gasteiger partial charge on any atom is -0.373 e. The van der Waals surface area contributed by atoms with Crippen molar-refractivity contribution in [3.8, 4) is 0 Å². The third-order valence-corrected chi connectivity index (χ3v) is 6.28. The van der Waals surface area contributed by atoms with E-state index < -0.39 is 0 Å². The number of piperidine rings is 1. The van der Waals surface area contributed by atoms with Crippen molar-refractivity contribution in [2.24, 2.45) is 10.9 Å². The van der Waals surface area contributed by atoms with E-state index in [-0.39, 0.29) is 6.10 Å². The third kappa shape index (κ3) is 6.45.